The van der Waals surface area contributed by atoms with Gasteiger partial charge in [0.05, 0.1) is 11.4 Å². The maximum absolute atomic E-state index is 12.3. The second-order valence-electron chi connectivity index (χ2n) is 4.14. The van der Waals surface area contributed by atoms with Crippen LogP contribution in [0.15, 0.2) is 30.3 Å². The molecule has 0 unspecified atom stereocenters. The minimum atomic E-state index is -5.69. The van der Waals surface area contributed by atoms with Crippen molar-refractivity contribution in [3.05, 3.63) is 30.3 Å². The van der Waals surface area contributed by atoms with Gasteiger partial charge in [-0.1, -0.05) is 6.07 Å². The van der Waals surface area contributed by atoms with E-state index in [4.69, 9.17) is 5.73 Å². The first kappa shape index (κ1) is 15.2. The van der Waals surface area contributed by atoms with Crippen LogP contribution in [0.25, 0.3) is 10.8 Å². The number of nitrogens with two attached hydrogens (primary N) is 1. The fraction of sp³-hybridized carbons (Fsp3) is 0.167. The minimum absolute atomic E-state index is 0.403. The third-order valence-corrected chi connectivity index (χ3v) is 3.77. The Hall–Kier alpha value is -2.16. The second-order valence-corrected chi connectivity index (χ2v) is 5.68. The molecule has 0 atom stereocenters. The molecule has 3 N–H and O–H groups in total. The number of rotatable bonds is 3. The van der Waals surface area contributed by atoms with Crippen molar-refractivity contribution in [2.24, 2.45) is 0 Å². The summed E-state index contributed by atoms with van der Waals surface area (Å²) in [4.78, 5) is 0. The molecule has 0 bridgehead atoms. The predicted octanol–water partition coefficient (Wildman–Crippen LogP) is 2.69. The normalized spacial score (nSPS) is 12.4. The molecule has 0 heterocycles. The van der Waals surface area contributed by atoms with Gasteiger partial charge in [0.25, 0.3) is 0 Å². The van der Waals surface area contributed by atoms with Crippen LogP contribution in [-0.2, 0) is 10.1 Å². The Kier molecular flexibility index (Phi) is 3.62. The highest BCUT2D eigenvalue weighted by Gasteiger charge is 2.48. The molecule has 0 aliphatic carbocycles. The average Bonchev–Trinajstić information content (AvgIpc) is 2.37. The Balaban J connectivity index is 2.46. The summed E-state index contributed by atoms with van der Waals surface area (Å²) in [5, 5.41) is 3.89. The summed E-state index contributed by atoms with van der Waals surface area (Å²) in [6.07, 6.45) is 0. The number of benzene rings is 2. The molecule has 0 aromatic heterocycles. The Morgan fingerprint density at radius 2 is 1.86 bits per heavy atom. The van der Waals surface area contributed by atoms with Crippen LogP contribution in [0.5, 0.6) is 5.75 Å². The zero-order valence-electron chi connectivity index (χ0n) is 10.7. The van der Waals surface area contributed by atoms with Gasteiger partial charge in [-0.05, 0) is 29.7 Å². The van der Waals surface area contributed by atoms with E-state index in [1.165, 1.54) is 12.1 Å². The Labute approximate surface area is 118 Å². The molecule has 0 aliphatic heterocycles. The molecule has 2 rings (SSSR count). The lowest BCUT2D eigenvalue weighted by Gasteiger charge is -2.12. The monoisotopic (exact) mass is 320 g/mol. The fourth-order valence-corrected chi connectivity index (χ4v) is 2.23. The smallest absolute Gasteiger partial charge is 0.397 e. The third-order valence-electron chi connectivity index (χ3n) is 2.79. The van der Waals surface area contributed by atoms with Crippen LogP contribution in [0.1, 0.15) is 0 Å². The number of nitrogens with one attached hydrogen (secondary N) is 1. The maximum atomic E-state index is 12.3. The van der Waals surface area contributed by atoms with Crippen LogP contribution in [0.3, 0.4) is 0 Å². The molecule has 0 saturated carbocycles. The van der Waals surface area contributed by atoms with Gasteiger partial charge in [0.2, 0.25) is 0 Å². The first-order valence-electron chi connectivity index (χ1n) is 5.66. The molecular formula is C12H11F3N2O3S. The van der Waals surface area contributed by atoms with Gasteiger partial charge in [-0.2, -0.15) is 21.6 Å². The Morgan fingerprint density at radius 1 is 1.19 bits per heavy atom. The molecule has 5 nitrogen and oxygen atoms in total. The van der Waals surface area contributed by atoms with Crippen LogP contribution in [0, 0.1) is 0 Å². The number of halogens is 3. The Bertz CT molecular complexity index is 788. The average molecular weight is 320 g/mol. The van der Waals surface area contributed by atoms with Crippen molar-refractivity contribution in [2.45, 2.75) is 5.51 Å². The first-order valence-corrected chi connectivity index (χ1v) is 7.07. The van der Waals surface area contributed by atoms with Crippen LogP contribution < -0.4 is 15.2 Å². The largest absolute Gasteiger partial charge is 0.534 e. The SMILES string of the molecule is CNc1ccc2cc(OS(=O)(=O)C(F)(F)F)ccc2c1N. The molecule has 0 spiro atoms. The van der Waals surface area contributed by atoms with Gasteiger partial charge in [-0.3, -0.25) is 0 Å². The fourth-order valence-electron chi connectivity index (χ4n) is 1.78. The van der Waals surface area contributed by atoms with Gasteiger partial charge in [-0.25, -0.2) is 0 Å². The number of hydrogen-bond donors (Lipinski definition) is 2. The molecule has 9 heteroatoms. The summed E-state index contributed by atoms with van der Waals surface area (Å²) < 4.78 is 62.7. The number of fused-ring (bicyclic) bond motifs is 1. The van der Waals surface area contributed by atoms with Crippen LogP contribution >= 0.6 is 0 Å². The van der Waals surface area contributed by atoms with Crippen molar-refractivity contribution in [1.29, 1.82) is 0 Å². The van der Waals surface area contributed by atoms with Crippen molar-refractivity contribution in [3.8, 4) is 5.75 Å². The zero-order chi connectivity index (χ0) is 15.8. The van der Waals surface area contributed by atoms with E-state index in [-0.39, 0.29) is 0 Å². The molecule has 0 aliphatic rings. The lowest BCUT2D eigenvalue weighted by molar-refractivity contribution is -0.0500. The van der Waals surface area contributed by atoms with E-state index in [1.54, 1.807) is 19.2 Å². The van der Waals surface area contributed by atoms with Gasteiger partial charge in [0.1, 0.15) is 5.75 Å². The van der Waals surface area contributed by atoms with Crippen molar-refractivity contribution >= 4 is 32.3 Å². The second kappa shape index (κ2) is 4.99. The lowest BCUT2D eigenvalue weighted by atomic mass is 10.1. The highest BCUT2D eigenvalue weighted by atomic mass is 32.2. The van der Waals surface area contributed by atoms with E-state index >= 15 is 0 Å². The number of nitrogen functional groups attached to an aromatic ring is 1. The maximum Gasteiger partial charge on any atom is 0.534 e. The standard InChI is InChI=1S/C12H11F3N2O3S/c1-17-10-5-2-7-6-8(3-4-9(7)11(10)16)20-21(18,19)12(13,14)15/h2-6,17H,16H2,1H3. The van der Waals surface area contributed by atoms with Gasteiger partial charge in [-0.15, -0.1) is 0 Å². The molecule has 0 amide bonds. The predicted molar refractivity (Wildman–Crippen MR) is 73.5 cm³/mol. The van der Waals surface area contributed by atoms with E-state index in [1.807, 2.05) is 0 Å². The molecule has 2 aromatic rings. The lowest BCUT2D eigenvalue weighted by Crippen LogP contribution is -2.28. The topological polar surface area (TPSA) is 81.4 Å². The highest BCUT2D eigenvalue weighted by molar-refractivity contribution is 7.88. The van der Waals surface area contributed by atoms with Gasteiger partial charge in [0, 0.05) is 12.4 Å². The van der Waals surface area contributed by atoms with Gasteiger partial charge in [0.15, 0.2) is 0 Å². The number of alkyl halides is 3. The number of anilines is 2. The summed E-state index contributed by atoms with van der Waals surface area (Å²) in [6.45, 7) is 0. The van der Waals surface area contributed by atoms with E-state index in [2.05, 4.69) is 9.50 Å². The zero-order valence-corrected chi connectivity index (χ0v) is 11.5. The summed E-state index contributed by atoms with van der Waals surface area (Å²) in [5.41, 5.74) is 1.45. The van der Waals surface area contributed by atoms with Crippen molar-refractivity contribution in [1.82, 2.24) is 0 Å². The molecule has 0 saturated heterocycles. The van der Waals surface area contributed by atoms with E-state index in [9.17, 15) is 21.6 Å². The minimum Gasteiger partial charge on any atom is -0.397 e. The van der Waals surface area contributed by atoms with E-state index in [0.717, 1.165) is 6.07 Å². The summed E-state index contributed by atoms with van der Waals surface area (Å²) in [5.74, 6) is -0.434. The summed E-state index contributed by atoms with van der Waals surface area (Å²) in [6, 6.07) is 6.90. The van der Waals surface area contributed by atoms with Crippen LogP contribution in [0.4, 0.5) is 24.5 Å². The van der Waals surface area contributed by atoms with Gasteiger partial charge < -0.3 is 15.2 Å². The molecule has 114 valence electrons. The first-order chi connectivity index (χ1) is 9.65. The third kappa shape index (κ3) is 2.82. The van der Waals surface area contributed by atoms with Crippen molar-refractivity contribution < 1.29 is 25.8 Å². The number of hydrogen-bond acceptors (Lipinski definition) is 5. The highest BCUT2D eigenvalue weighted by Crippen LogP contribution is 2.33. The van der Waals surface area contributed by atoms with Crippen LogP contribution in [-0.4, -0.2) is 21.0 Å². The quantitative estimate of drug-likeness (QED) is 0.516. The Morgan fingerprint density at radius 3 is 2.43 bits per heavy atom. The van der Waals surface area contributed by atoms with Crippen molar-refractivity contribution in [2.75, 3.05) is 18.1 Å². The molecule has 0 radical (unpaired) electrons. The molecule has 21 heavy (non-hydrogen) atoms. The van der Waals surface area contributed by atoms with Crippen molar-refractivity contribution in [3.63, 3.8) is 0 Å². The van der Waals surface area contributed by atoms with Crippen LogP contribution in [0.2, 0.25) is 0 Å². The molecule has 2 aromatic carbocycles. The summed E-state index contributed by atoms with van der Waals surface area (Å²) >= 11 is 0. The van der Waals surface area contributed by atoms with E-state index < -0.39 is 21.4 Å². The van der Waals surface area contributed by atoms with Gasteiger partial charge >= 0.3 is 15.6 Å². The molecular weight excluding hydrogens is 309 g/mol. The van der Waals surface area contributed by atoms with E-state index in [0.29, 0.717) is 22.1 Å². The molecule has 0 fully saturated rings. The summed E-state index contributed by atoms with van der Waals surface area (Å²) in [7, 11) is -4.01.